The van der Waals surface area contributed by atoms with Gasteiger partial charge in [-0.3, -0.25) is 19.1 Å². The van der Waals surface area contributed by atoms with Crippen molar-refractivity contribution in [3.05, 3.63) is 58.0 Å². The second kappa shape index (κ2) is 13.9. The minimum Gasteiger partial charge on any atom is -0.493 e. The molecular formula is C31H39N5O6. The van der Waals surface area contributed by atoms with Gasteiger partial charge in [0, 0.05) is 38.7 Å². The van der Waals surface area contributed by atoms with Crippen molar-refractivity contribution >= 4 is 23.2 Å². The molecule has 1 heterocycles. The molecule has 2 amide bonds. The summed E-state index contributed by atoms with van der Waals surface area (Å²) in [6, 6.07) is 6.84. The Hall–Kier alpha value is -4.54. The Bertz CT molecular complexity index is 1500. The van der Waals surface area contributed by atoms with Crippen molar-refractivity contribution in [2.75, 3.05) is 38.5 Å². The fraction of sp³-hybridized carbons (Fsp3) is 0.419. The molecule has 1 aliphatic rings. The van der Waals surface area contributed by atoms with E-state index in [1.165, 1.54) is 6.92 Å². The van der Waals surface area contributed by atoms with E-state index in [4.69, 9.17) is 14.2 Å². The third-order valence-electron chi connectivity index (χ3n) is 7.30. The number of carbonyl (C=O) groups is 2. The minimum absolute atomic E-state index is 0.0481. The van der Waals surface area contributed by atoms with Crippen molar-refractivity contribution < 1.29 is 23.8 Å². The zero-order valence-electron chi connectivity index (χ0n) is 24.8. The monoisotopic (exact) mass is 577 g/mol. The molecule has 0 aliphatic heterocycles. The molecule has 0 spiro atoms. The highest BCUT2D eigenvalue weighted by molar-refractivity contribution is 5.90. The van der Waals surface area contributed by atoms with E-state index in [1.807, 2.05) is 12.1 Å². The summed E-state index contributed by atoms with van der Waals surface area (Å²) in [5.41, 5.74) is 4.24. The topological polar surface area (TPSA) is 133 Å². The molecule has 3 aromatic rings. The van der Waals surface area contributed by atoms with Crippen LogP contribution in [0.2, 0.25) is 0 Å². The van der Waals surface area contributed by atoms with Crippen LogP contribution in [0.15, 0.2) is 41.5 Å². The van der Waals surface area contributed by atoms with E-state index in [0.717, 1.165) is 36.0 Å². The molecule has 0 saturated heterocycles. The zero-order valence-corrected chi connectivity index (χ0v) is 24.8. The van der Waals surface area contributed by atoms with E-state index in [9.17, 15) is 14.4 Å². The van der Waals surface area contributed by atoms with Gasteiger partial charge in [-0.1, -0.05) is 12.5 Å². The van der Waals surface area contributed by atoms with Gasteiger partial charge in [-0.2, -0.15) is 5.10 Å². The number of nitrogens with zero attached hydrogens (tertiary/aromatic N) is 2. The van der Waals surface area contributed by atoms with E-state index in [2.05, 4.69) is 21.0 Å². The molecule has 3 N–H and O–H groups in total. The number of hydrogen-bond donors (Lipinski definition) is 3. The Morgan fingerprint density at radius 3 is 2.50 bits per heavy atom. The molecule has 1 unspecified atom stereocenters. The highest BCUT2D eigenvalue weighted by Gasteiger charge is 2.29. The predicted octanol–water partition coefficient (Wildman–Crippen LogP) is 4.21. The van der Waals surface area contributed by atoms with Crippen molar-refractivity contribution in [2.24, 2.45) is 7.05 Å². The lowest BCUT2D eigenvalue weighted by Gasteiger charge is -2.19. The number of amides is 2. The maximum atomic E-state index is 13.4. The first-order valence-corrected chi connectivity index (χ1v) is 14.1. The first-order chi connectivity index (χ1) is 20.2. The minimum atomic E-state index is -0.364. The molecule has 0 saturated carbocycles. The van der Waals surface area contributed by atoms with Gasteiger partial charge in [0.05, 0.1) is 44.9 Å². The van der Waals surface area contributed by atoms with Gasteiger partial charge in [0.15, 0.2) is 11.5 Å². The Labute approximate surface area is 245 Å². The number of hydrogen-bond acceptors (Lipinski definition) is 8. The number of unbranched alkanes of at least 4 members (excludes halogenated alkanes) is 2. The zero-order chi connectivity index (χ0) is 30.2. The van der Waals surface area contributed by atoms with Crippen LogP contribution in [0, 0.1) is 0 Å². The molecular weight excluding hydrogens is 538 g/mol. The number of methoxy groups -OCH3 is 3. The van der Waals surface area contributed by atoms with Gasteiger partial charge in [0.2, 0.25) is 23.0 Å². The summed E-state index contributed by atoms with van der Waals surface area (Å²) in [6.07, 6.45) is 7.36. The van der Waals surface area contributed by atoms with Crippen LogP contribution in [-0.2, 0) is 23.1 Å². The fourth-order valence-corrected chi connectivity index (χ4v) is 5.37. The van der Waals surface area contributed by atoms with E-state index in [0.29, 0.717) is 60.0 Å². The second-order valence-electron chi connectivity index (χ2n) is 10.3. The molecule has 1 atom stereocenters. The van der Waals surface area contributed by atoms with Crippen molar-refractivity contribution in [2.45, 2.75) is 51.5 Å². The summed E-state index contributed by atoms with van der Waals surface area (Å²) in [4.78, 5) is 37.7. The molecule has 0 fully saturated rings. The van der Waals surface area contributed by atoms with E-state index in [1.54, 1.807) is 57.6 Å². The molecule has 11 nitrogen and oxygen atoms in total. The Balaban J connectivity index is 1.53. The van der Waals surface area contributed by atoms with Crippen molar-refractivity contribution in [1.82, 2.24) is 15.1 Å². The number of rotatable bonds is 12. The second-order valence-corrected chi connectivity index (χ2v) is 10.3. The van der Waals surface area contributed by atoms with Gasteiger partial charge in [0.25, 0.3) is 0 Å². The number of benzene rings is 1. The van der Waals surface area contributed by atoms with E-state index in [-0.39, 0.29) is 23.3 Å². The lowest BCUT2D eigenvalue weighted by Crippen LogP contribution is -2.26. The number of ether oxygens (including phenoxy) is 3. The Morgan fingerprint density at radius 1 is 1.05 bits per heavy atom. The SMILES string of the molecule is COc1cc2c(c(OC)c1OC)-c1ccc(NCCCCCC(=O)Nc3cnn(C)c3)c(=O)cc1C(NC(C)=O)CC2. The molecule has 11 heteroatoms. The van der Waals surface area contributed by atoms with Gasteiger partial charge in [-0.25, -0.2) is 0 Å². The highest BCUT2D eigenvalue weighted by atomic mass is 16.5. The largest absolute Gasteiger partial charge is 0.493 e. The van der Waals surface area contributed by atoms with Gasteiger partial charge in [-0.15, -0.1) is 0 Å². The maximum Gasteiger partial charge on any atom is 0.224 e. The smallest absolute Gasteiger partial charge is 0.224 e. The summed E-state index contributed by atoms with van der Waals surface area (Å²) in [7, 11) is 6.50. The van der Waals surface area contributed by atoms with Crippen LogP contribution in [0.1, 0.15) is 56.2 Å². The molecule has 1 aromatic heterocycles. The molecule has 224 valence electrons. The van der Waals surface area contributed by atoms with Crippen LogP contribution in [0.4, 0.5) is 11.4 Å². The number of fused-ring (bicyclic) bond motifs is 3. The van der Waals surface area contributed by atoms with Crippen LogP contribution >= 0.6 is 0 Å². The van der Waals surface area contributed by atoms with Gasteiger partial charge < -0.3 is 30.2 Å². The maximum absolute atomic E-state index is 13.4. The number of aromatic nitrogens is 2. The lowest BCUT2D eigenvalue weighted by atomic mass is 9.95. The predicted molar refractivity (Wildman–Crippen MR) is 161 cm³/mol. The molecule has 2 aromatic carbocycles. The van der Waals surface area contributed by atoms with Gasteiger partial charge >= 0.3 is 0 Å². The number of carbonyl (C=O) groups excluding carboxylic acids is 2. The van der Waals surface area contributed by atoms with Crippen LogP contribution in [0.5, 0.6) is 17.2 Å². The van der Waals surface area contributed by atoms with Crippen molar-refractivity contribution in [3.8, 4) is 28.4 Å². The molecule has 0 bridgehead atoms. The summed E-state index contributed by atoms with van der Waals surface area (Å²) in [5, 5.41) is 13.2. The number of anilines is 2. The van der Waals surface area contributed by atoms with Gasteiger partial charge in [0.1, 0.15) is 0 Å². The fourth-order valence-electron chi connectivity index (χ4n) is 5.37. The molecule has 4 rings (SSSR count). The summed E-state index contributed by atoms with van der Waals surface area (Å²) >= 11 is 0. The summed E-state index contributed by atoms with van der Waals surface area (Å²) in [6.45, 7) is 2.05. The van der Waals surface area contributed by atoms with Crippen molar-refractivity contribution in [3.63, 3.8) is 0 Å². The molecule has 1 aliphatic carbocycles. The molecule has 42 heavy (non-hydrogen) atoms. The van der Waals surface area contributed by atoms with Gasteiger partial charge in [-0.05, 0) is 60.6 Å². The standard InChI is InChI=1S/C31H39N5O6/c1-19(37)34-24-12-10-20-15-27(40-3)30(41-4)31(42-5)29(20)22-11-13-25(26(38)16-23(22)24)32-14-8-6-7-9-28(39)35-21-17-33-36(2)18-21/h11,13,15-18,24H,6-10,12,14H2,1-5H3,(H,32,38)(H,34,37)(H,35,39). The Morgan fingerprint density at radius 2 is 1.83 bits per heavy atom. The normalized spacial score (nSPS) is 13.7. The average molecular weight is 578 g/mol. The highest BCUT2D eigenvalue weighted by Crippen LogP contribution is 2.50. The van der Waals surface area contributed by atoms with E-state index >= 15 is 0 Å². The van der Waals surface area contributed by atoms with Crippen LogP contribution < -0.4 is 35.6 Å². The third-order valence-corrected chi connectivity index (χ3v) is 7.30. The lowest BCUT2D eigenvalue weighted by molar-refractivity contribution is -0.119. The first kappa shape index (κ1) is 30.4. The van der Waals surface area contributed by atoms with E-state index < -0.39 is 0 Å². The summed E-state index contributed by atoms with van der Waals surface area (Å²) in [5.74, 6) is 1.30. The van der Waals surface area contributed by atoms with Crippen molar-refractivity contribution in [1.29, 1.82) is 0 Å². The van der Waals surface area contributed by atoms with Crippen LogP contribution in [-0.4, -0.2) is 49.5 Å². The number of nitrogens with one attached hydrogen (secondary N) is 3. The first-order valence-electron chi connectivity index (χ1n) is 14.1. The summed E-state index contributed by atoms with van der Waals surface area (Å²) < 4.78 is 18.7. The number of aryl methyl sites for hydroxylation is 2. The Kier molecular flexibility index (Phi) is 10.1. The molecule has 0 radical (unpaired) electrons. The van der Waals surface area contributed by atoms with Crippen LogP contribution in [0.3, 0.4) is 0 Å². The average Bonchev–Trinajstić information content (AvgIpc) is 3.22. The quantitative estimate of drug-likeness (QED) is 0.273. The van der Waals surface area contributed by atoms with Crippen LogP contribution in [0.25, 0.3) is 11.1 Å². The third kappa shape index (κ3) is 7.02.